The highest BCUT2D eigenvalue weighted by atomic mass is 16.2. The van der Waals surface area contributed by atoms with Gasteiger partial charge in [0.05, 0.1) is 0 Å². The number of nitrogens with one attached hydrogen (secondary N) is 1. The fraction of sp³-hybridized carbons (Fsp3) is 0.526. The summed E-state index contributed by atoms with van der Waals surface area (Å²) in [6.45, 7) is 3.20. The quantitative estimate of drug-likeness (QED) is 0.794. The van der Waals surface area contributed by atoms with Gasteiger partial charge in [-0.3, -0.25) is 9.59 Å². The van der Waals surface area contributed by atoms with Crippen molar-refractivity contribution in [1.82, 2.24) is 30.4 Å². The number of amides is 2. The predicted octanol–water partition coefficient (Wildman–Crippen LogP) is 1.36. The van der Waals surface area contributed by atoms with Crippen LogP contribution in [-0.4, -0.2) is 56.1 Å². The first-order valence-corrected chi connectivity index (χ1v) is 9.52. The molecule has 0 bridgehead atoms. The van der Waals surface area contributed by atoms with E-state index in [2.05, 4.69) is 20.8 Å². The maximum atomic E-state index is 13.3. The predicted molar refractivity (Wildman–Crippen MR) is 99.7 cm³/mol. The van der Waals surface area contributed by atoms with Gasteiger partial charge in [0.15, 0.2) is 0 Å². The van der Waals surface area contributed by atoms with E-state index in [0.29, 0.717) is 25.9 Å². The second-order valence-corrected chi connectivity index (χ2v) is 6.94. The normalized spacial score (nSPS) is 18.1. The molecule has 27 heavy (non-hydrogen) atoms. The summed E-state index contributed by atoms with van der Waals surface area (Å²) in [5.41, 5.74) is 1.05. The topological polar surface area (TPSA) is 93.0 Å². The van der Waals surface area contributed by atoms with Gasteiger partial charge in [0, 0.05) is 32.0 Å². The highest BCUT2D eigenvalue weighted by Gasteiger charge is 2.31. The molecule has 1 aromatic heterocycles. The lowest BCUT2D eigenvalue weighted by Crippen LogP contribution is -2.51. The van der Waals surface area contributed by atoms with Gasteiger partial charge in [-0.25, -0.2) is 4.68 Å². The number of hydrogen-bond donors (Lipinski definition) is 1. The Hall–Kier alpha value is -2.77. The van der Waals surface area contributed by atoms with E-state index in [1.807, 2.05) is 42.2 Å². The summed E-state index contributed by atoms with van der Waals surface area (Å²) >= 11 is 0. The van der Waals surface area contributed by atoms with E-state index < -0.39 is 6.04 Å². The van der Waals surface area contributed by atoms with Gasteiger partial charge >= 0.3 is 0 Å². The number of hydrogen-bond acceptors (Lipinski definition) is 5. The van der Waals surface area contributed by atoms with E-state index in [0.717, 1.165) is 24.8 Å². The number of carbonyl (C=O) groups excluding carboxylic acids is 2. The smallest absolute Gasteiger partial charge is 0.247 e. The molecule has 2 amide bonds. The molecule has 1 aliphatic rings. The van der Waals surface area contributed by atoms with Crippen molar-refractivity contribution in [3.63, 3.8) is 0 Å². The highest BCUT2D eigenvalue weighted by molar-refractivity contribution is 5.81. The Bertz CT molecular complexity index is 734. The molecule has 0 radical (unpaired) electrons. The number of tetrazole rings is 1. The first-order chi connectivity index (χ1) is 13.2. The maximum Gasteiger partial charge on any atom is 0.247 e. The van der Waals surface area contributed by atoms with Gasteiger partial charge in [-0.15, -0.1) is 5.10 Å². The molecule has 0 spiro atoms. The number of benzene rings is 1. The molecule has 8 heteroatoms. The number of rotatable bonds is 7. The second-order valence-electron chi connectivity index (χ2n) is 6.94. The van der Waals surface area contributed by atoms with E-state index in [1.165, 1.54) is 11.0 Å². The van der Waals surface area contributed by atoms with E-state index in [1.54, 1.807) is 0 Å². The highest BCUT2D eigenvalue weighted by Crippen LogP contribution is 2.19. The molecule has 1 N–H and O–H groups in total. The van der Waals surface area contributed by atoms with Gasteiger partial charge in [-0.05, 0) is 35.3 Å². The molecule has 2 atom stereocenters. The zero-order valence-corrected chi connectivity index (χ0v) is 15.6. The van der Waals surface area contributed by atoms with Crippen LogP contribution in [0.4, 0.5) is 0 Å². The Labute approximate surface area is 158 Å². The van der Waals surface area contributed by atoms with Gasteiger partial charge in [0.25, 0.3) is 0 Å². The van der Waals surface area contributed by atoms with Gasteiger partial charge in [-0.2, -0.15) is 0 Å². The Morgan fingerprint density at radius 1 is 1.30 bits per heavy atom. The minimum atomic E-state index is -0.493. The average molecular weight is 370 g/mol. The lowest BCUT2D eigenvalue weighted by Gasteiger charge is -2.35. The lowest BCUT2D eigenvalue weighted by molar-refractivity contribution is -0.137. The van der Waals surface area contributed by atoms with Crippen LogP contribution < -0.4 is 5.32 Å². The van der Waals surface area contributed by atoms with Crippen molar-refractivity contribution in [2.75, 3.05) is 13.1 Å². The van der Waals surface area contributed by atoms with Crippen LogP contribution in [0.15, 0.2) is 36.7 Å². The molecule has 0 aliphatic carbocycles. The number of likely N-dealkylation sites (tertiary alicyclic amines) is 1. The van der Waals surface area contributed by atoms with Crippen LogP contribution in [0, 0.1) is 0 Å². The summed E-state index contributed by atoms with van der Waals surface area (Å²) in [6.07, 6.45) is 5.11. The third kappa shape index (κ3) is 5.12. The molecule has 1 aromatic carbocycles. The molecule has 1 fully saturated rings. The third-order valence-electron chi connectivity index (χ3n) is 4.82. The lowest BCUT2D eigenvalue weighted by atomic mass is 10.0. The van der Waals surface area contributed by atoms with Crippen molar-refractivity contribution in [1.29, 1.82) is 0 Å². The number of aromatic nitrogens is 4. The Morgan fingerprint density at radius 3 is 2.81 bits per heavy atom. The zero-order valence-electron chi connectivity index (χ0n) is 15.6. The monoisotopic (exact) mass is 370 g/mol. The van der Waals surface area contributed by atoms with E-state index >= 15 is 0 Å². The van der Waals surface area contributed by atoms with Crippen LogP contribution in [0.3, 0.4) is 0 Å². The minimum Gasteiger partial charge on any atom is -0.352 e. The van der Waals surface area contributed by atoms with Crippen molar-refractivity contribution in [2.45, 2.75) is 51.1 Å². The number of piperidine rings is 1. The van der Waals surface area contributed by atoms with Crippen molar-refractivity contribution < 1.29 is 9.59 Å². The molecule has 3 rings (SSSR count). The summed E-state index contributed by atoms with van der Waals surface area (Å²) in [6, 6.07) is 9.36. The Morgan fingerprint density at radius 2 is 2.11 bits per heavy atom. The van der Waals surface area contributed by atoms with Crippen LogP contribution in [0.25, 0.3) is 0 Å². The summed E-state index contributed by atoms with van der Waals surface area (Å²) in [4.78, 5) is 27.0. The van der Waals surface area contributed by atoms with Crippen molar-refractivity contribution in [2.24, 2.45) is 0 Å². The molecule has 144 valence electrons. The molecule has 0 saturated carbocycles. The van der Waals surface area contributed by atoms with Gasteiger partial charge in [0.1, 0.15) is 12.4 Å². The van der Waals surface area contributed by atoms with Gasteiger partial charge < -0.3 is 10.2 Å². The Kier molecular flexibility index (Phi) is 6.51. The van der Waals surface area contributed by atoms with Crippen LogP contribution >= 0.6 is 0 Å². The van der Waals surface area contributed by atoms with E-state index in [9.17, 15) is 9.59 Å². The van der Waals surface area contributed by atoms with Crippen LogP contribution in [0.2, 0.25) is 0 Å². The van der Waals surface area contributed by atoms with Crippen LogP contribution in [0.5, 0.6) is 0 Å². The standard InChI is InChI=1S/C19H26N6O2/c1-2-7-18(26)21-16-10-6-11-24(13-16)19(27)17(25-14-20-22-23-25)12-15-8-4-3-5-9-15/h3-5,8-9,14,16-17H,2,6-7,10-13H2,1H3,(H,21,26). The fourth-order valence-electron chi connectivity index (χ4n) is 3.48. The first-order valence-electron chi connectivity index (χ1n) is 9.52. The summed E-state index contributed by atoms with van der Waals surface area (Å²) in [5, 5.41) is 14.4. The largest absolute Gasteiger partial charge is 0.352 e. The van der Waals surface area contributed by atoms with Crippen molar-refractivity contribution >= 4 is 11.8 Å². The van der Waals surface area contributed by atoms with E-state index in [-0.39, 0.29) is 17.9 Å². The summed E-state index contributed by atoms with van der Waals surface area (Å²) in [5.74, 6) is 0.0405. The minimum absolute atomic E-state index is 0.00740. The maximum absolute atomic E-state index is 13.3. The Balaban J connectivity index is 1.70. The molecule has 2 heterocycles. The van der Waals surface area contributed by atoms with Crippen molar-refractivity contribution in [3.05, 3.63) is 42.2 Å². The molecule has 1 saturated heterocycles. The molecule has 1 aliphatic heterocycles. The van der Waals surface area contributed by atoms with Crippen LogP contribution in [-0.2, 0) is 16.0 Å². The average Bonchev–Trinajstić information content (AvgIpc) is 3.21. The SMILES string of the molecule is CCCC(=O)NC1CCCN(C(=O)C(Cc2ccccc2)n2cnnn2)C1. The van der Waals surface area contributed by atoms with E-state index in [4.69, 9.17) is 0 Å². The first kappa shape index (κ1) is 19.0. The molecule has 2 unspecified atom stereocenters. The van der Waals surface area contributed by atoms with Gasteiger partial charge in [-0.1, -0.05) is 37.3 Å². The molecule has 2 aromatic rings. The van der Waals surface area contributed by atoms with Crippen molar-refractivity contribution in [3.8, 4) is 0 Å². The zero-order chi connectivity index (χ0) is 19.1. The third-order valence-corrected chi connectivity index (χ3v) is 4.82. The molecular formula is C19H26N6O2. The fourth-order valence-corrected chi connectivity index (χ4v) is 3.48. The summed E-state index contributed by atoms with van der Waals surface area (Å²) < 4.78 is 1.52. The molecule has 8 nitrogen and oxygen atoms in total. The molecular weight excluding hydrogens is 344 g/mol. The van der Waals surface area contributed by atoms with Crippen LogP contribution in [0.1, 0.15) is 44.2 Å². The number of carbonyl (C=O) groups is 2. The second kappa shape index (κ2) is 9.25. The summed E-state index contributed by atoms with van der Waals surface area (Å²) in [7, 11) is 0. The van der Waals surface area contributed by atoms with Gasteiger partial charge in [0.2, 0.25) is 11.8 Å². The number of nitrogens with zero attached hydrogens (tertiary/aromatic N) is 5.